The van der Waals surface area contributed by atoms with Crippen LogP contribution < -0.4 is 0 Å². The van der Waals surface area contributed by atoms with E-state index in [4.69, 9.17) is 0 Å². The average Bonchev–Trinajstić information content (AvgIpc) is 3.38. The Bertz CT molecular complexity index is 950. The number of likely N-dealkylation sites (tertiary alicyclic amines) is 1. The monoisotopic (exact) mass is 371 g/mol. The predicted octanol–water partition coefficient (Wildman–Crippen LogP) is 3.61. The van der Waals surface area contributed by atoms with Gasteiger partial charge in [-0.05, 0) is 29.7 Å². The van der Waals surface area contributed by atoms with Gasteiger partial charge in [-0.1, -0.05) is 60.7 Å². The molecule has 2 aliphatic rings. The number of hydrogen-bond acceptors (Lipinski definition) is 2. The van der Waals surface area contributed by atoms with Gasteiger partial charge >= 0.3 is 0 Å². The summed E-state index contributed by atoms with van der Waals surface area (Å²) in [6.07, 6.45) is 3.12. The summed E-state index contributed by atoms with van der Waals surface area (Å²) in [6, 6.07) is 25.5. The quantitative estimate of drug-likeness (QED) is 0.685. The van der Waals surface area contributed by atoms with Crippen LogP contribution in [0.1, 0.15) is 27.7 Å². The molecule has 2 aromatic carbocycles. The topological polar surface area (TPSA) is 28.5 Å². The first-order valence-corrected chi connectivity index (χ1v) is 10.1. The molecule has 4 heteroatoms. The Morgan fingerprint density at radius 1 is 0.786 bits per heavy atom. The van der Waals surface area contributed by atoms with Gasteiger partial charge in [0, 0.05) is 32.4 Å². The zero-order chi connectivity index (χ0) is 18.9. The van der Waals surface area contributed by atoms with Crippen molar-refractivity contribution in [3.63, 3.8) is 0 Å². The number of hydrogen-bond donors (Lipinski definition) is 0. The number of fused-ring (bicyclic) bond motifs is 3. The van der Waals surface area contributed by atoms with Gasteiger partial charge < -0.3 is 9.47 Å². The van der Waals surface area contributed by atoms with Gasteiger partial charge in [0.15, 0.2) is 0 Å². The van der Waals surface area contributed by atoms with E-state index in [-0.39, 0.29) is 11.9 Å². The largest absolute Gasteiger partial charge is 0.337 e. The van der Waals surface area contributed by atoms with Crippen molar-refractivity contribution in [2.24, 2.45) is 0 Å². The Morgan fingerprint density at radius 3 is 2.21 bits per heavy atom. The Morgan fingerprint density at radius 2 is 1.46 bits per heavy atom. The first-order valence-electron chi connectivity index (χ1n) is 10.1. The van der Waals surface area contributed by atoms with Crippen LogP contribution in [0.3, 0.4) is 0 Å². The maximum absolute atomic E-state index is 13.2. The van der Waals surface area contributed by atoms with Crippen LogP contribution in [-0.2, 0) is 13.0 Å². The maximum Gasteiger partial charge on any atom is 0.271 e. The van der Waals surface area contributed by atoms with Crippen LogP contribution in [-0.4, -0.2) is 46.0 Å². The summed E-state index contributed by atoms with van der Waals surface area (Å²) in [5.41, 5.74) is 3.38. The molecule has 0 unspecified atom stereocenters. The molecule has 1 amide bonds. The number of carbonyl (C=O) groups excluding carboxylic acids is 1. The molecular weight excluding hydrogens is 346 g/mol. The summed E-state index contributed by atoms with van der Waals surface area (Å²) in [4.78, 5) is 17.8. The van der Waals surface area contributed by atoms with Crippen LogP contribution in [0.5, 0.6) is 0 Å². The lowest BCUT2D eigenvalue weighted by Crippen LogP contribution is -2.49. The molecular formula is C24H25N3O. The van der Waals surface area contributed by atoms with Gasteiger partial charge in [0.1, 0.15) is 5.69 Å². The van der Waals surface area contributed by atoms with E-state index in [9.17, 15) is 4.79 Å². The fourth-order valence-corrected chi connectivity index (χ4v) is 4.67. The normalized spacial score (nSPS) is 21.6. The summed E-state index contributed by atoms with van der Waals surface area (Å²) < 4.78 is 2.21. The van der Waals surface area contributed by atoms with Gasteiger partial charge in [0.05, 0.1) is 12.1 Å². The average molecular weight is 371 g/mol. The lowest BCUT2D eigenvalue weighted by Gasteiger charge is -2.38. The molecule has 28 heavy (non-hydrogen) atoms. The van der Waals surface area contributed by atoms with E-state index in [0.29, 0.717) is 12.6 Å². The highest BCUT2D eigenvalue weighted by Gasteiger charge is 2.44. The van der Waals surface area contributed by atoms with Crippen LogP contribution in [0.4, 0.5) is 0 Å². The molecule has 142 valence electrons. The van der Waals surface area contributed by atoms with Crippen LogP contribution in [0.25, 0.3) is 0 Å². The molecule has 0 aliphatic carbocycles. The van der Waals surface area contributed by atoms with Crippen LogP contribution >= 0.6 is 0 Å². The number of nitrogens with zero attached hydrogens (tertiary/aromatic N) is 3. The summed E-state index contributed by atoms with van der Waals surface area (Å²) in [5, 5.41) is 0. The second kappa shape index (κ2) is 7.28. The van der Waals surface area contributed by atoms with Crippen molar-refractivity contribution >= 4 is 5.91 Å². The minimum absolute atomic E-state index is 0.153. The van der Waals surface area contributed by atoms with Gasteiger partial charge in [-0.2, -0.15) is 0 Å². The van der Waals surface area contributed by atoms with Gasteiger partial charge in [0.2, 0.25) is 0 Å². The van der Waals surface area contributed by atoms with Crippen molar-refractivity contribution in [2.45, 2.75) is 25.0 Å². The SMILES string of the molecule is O=C1c2cccn2[C@@H]2CN(CCc3ccccc3)C[C@@H]2N1Cc1ccccc1. The minimum Gasteiger partial charge on any atom is -0.337 e. The van der Waals surface area contributed by atoms with Gasteiger partial charge in [-0.15, -0.1) is 0 Å². The molecule has 1 saturated heterocycles. The molecule has 5 rings (SSSR count). The summed E-state index contributed by atoms with van der Waals surface area (Å²) in [7, 11) is 0. The van der Waals surface area contributed by atoms with Gasteiger partial charge in [-0.3, -0.25) is 9.69 Å². The smallest absolute Gasteiger partial charge is 0.271 e. The fourth-order valence-electron chi connectivity index (χ4n) is 4.67. The van der Waals surface area contributed by atoms with E-state index in [1.54, 1.807) is 0 Å². The Balaban J connectivity index is 1.37. The lowest BCUT2D eigenvalue weighted by molar-refractivity contribution is 0.0557. The molecule has 0 spiro atoms. The van der Waals surface area contributed by atoms with E-state index < -0.39 is 0 Å². The van der Waals surface area contributed by atoms with Crippen molar-refractivity contribution in [2.75, 3.05) is 19.6 Å². The fraction of sp³-hybridized carbons (Fsp3) is 0.292. The molecule has 2 atom stereocenters. The molecule has 1 fully saturated rings. The highest BCUT2D eigenvalue weighted by molar-refractivity contribution is 5.94. The second-order valence-corrected chi connectivity index (χ2v) is 7.85. The van der Waals surface area contributed by atoms with Crippen LogP contribution in [0, 0.1) is 0 Å². The summed E-state index contributed by atoms with van der Waals surface area (Å²) >= 11 is 0. The number of rotatable bonds is 5. The molecule has 0 radical (unpaired) electrons. The Labute approximate surface area is 166 Å². The molecule has 0 N–H and O–H groups in total. The molecule has 3 heterocycles. The van der Waals surface area contributed by atoms with Gasteiger partial charge in [0.25, 0.3) is 5.91 Å². The maximum atomic E-state index is 13.2. The van der Waals surface area contributed by atoms with E-state index in [2.05, 4.69) is 63.0 Å². The number of amides is 1. The number of carbonyl (C=O) groups is 1. The van der Waals surface area contributed by atoms with Crippen molar-refractivity contribution in [1.82, 2.24) is 14.4 Å². The third kappa shape index (κ3) is 3.14. The van der Waals surface area contributed by atoms with Crippen molar-refractivity contribution in [3.05, 3.63) is 95.8 Å². The predicted molar refractivity (Wildman–Crippen MR) is 110 cm³/mol. The second-order valence-electron chi connectivity index (χ2n) is 7.85. The molecule has 4 nitrogen and oxygen atoms in total. The molecule has 1 aromatic heterocycles. The van der Waals surface area contributed by atoms with Crippen molar-refractivity contribution in [1.29, 1.82) is 0 Å². The highest BCUT2D eigenvalue weighted by Crippen LogP contribution is 2.34. The Hall–Kier alpha value is -2.85. The lowest BCUT2D eigenvalue weighted by atomic mass is 10.0. The van der Waals surface area contributed by atoms with Gasteiger partial charge in [-0.25, -0.2) is 0 Å². The third-order valence-electron chi connectivity index (χ3n) is 6.11. The van der Waals surface area contributed by atoms with Crippen molar-refractivity contribution < 1.29 is 4.79 Å². The first kappa shape index (κ1) is 17.3. The standard InChI is InChI=1S/C24H25N3O/c28-24-21-12-7-14-26(21)22-17-25(15-13-19-8-3-1-4-9-19)18-23(22)27(24)16-20-10-5-2-6-11-20/h1-12,14,22-23H,13,15-18H2/t22-,23+/m1/s1. The van der Waals surface area contributed by atoms with E-state index in [1.165, 1.54) is 11.1 Å². The van der Waals surface area contributed by atoms with Crippen molar-refractivity contribution in [3.8, 4) is 0 Å². The van der Waals surface area contributed by atoms with Crippen LogP contribution in [0.2, 0.25) is 0 Å². The molecule has 2 aliphatic heterocycles. The van der Waals surface area contributed by atoms with Crippen LogP contribution in [0.15, 0.2) is 79.0 Å². The zero-order valence-corrected chi connectivity index (χ0v) is 15.9. The highest BCUT2D eigenvalue weighted by atomic mass is 16.2. The van der Waals surface area contributed by atoms with E-state index in [1.807, 2.05) is 30.3 Å². The molecule has 0 bridgehead atoms. The zero-order valence-electron chi connectivity index (χ0n) is 15.9. The first-order chi connectivity index (χ1) is 13.8. The molecule has 3 aromatic rings. The third-order valence-corrected chi connectivity index (χ3v) is 6.11. The number of benzene rings is 2. The summed E-state index contributed by atoms with van der Waals surface area (Å²) in [6.45, 7) is 3.64. The molecule has 0 saturated carbocycles. The van der Waals surface area contributed by atoms with E-state index in [0.717, 1.165) is 31.7 Å². The summed E-state index contributed by atoms with van der Waals surface area (Å²) in [5.74, 6) is 0.153. The minimum atomic E-state index is 0.153. The van der Waals surface area contributed by atoms with E-state index >= 15 is 0 Å². The number of aromatic nitrogens is 1. The Kier molecular flexibility index (Phi) is 4.49.